The van der Waals surface area contributed by atoms with Crippen molar-refractivity contribution in [3.8, 4) is 5.75 Å². The number of rotatable bonds is 6. The van der Waals surface area contributed by atoms with Crippen molar-refractivity contribution >= 4 is 11.7 Å². The highest BCUT2D eigenvalue weighted by atomic mass is 19.3. The summed E-state index contributed by atoms with van der Waals surface area (Å²) in [7, 11) is 0. The van der Waals surface area contributed by atoms with Crippen LogP contribution in [0.1, 0.15) is 31.7 Å². The molecule has 0 bridgehead atoms. The van der Waals surface area contributed by atoms with Crippen molar-refractivity contribution < 1.29 is 18.3 Å². The quantitative estimate of drug-likeness (QED) is 0.831. The van der Waals surface area contributed by atoms with Crippen LogP contribution in [0.5, 0.6) is 5.75 Å². The fraction of sp³-hybridized carbons (Fsp3) is 0.588. The topological polar surface area (TPSA) is 53.6 Å². The van der Waals surface area contributed by atoms with E-state index < -0.39 is 6.61 Å². The third-order valence-corrected chi connectivity index (χ3v) is 4.21. The molecule has 0 spiro atoms. The number of carbonyl (C=O) groups is 1. The third kappa shape index (κ3) is 5.33. The summed E-state index contributed by atoms with van der Waals surface area (Å²) in [5.41, 5.74) is 0.944. The number of benzene rings is 1. The number of hydrogen-bond donors (Lipinski definition) is 2. The Hall–Kier alpha value is -1.89. The molecule has 1 aliphatic rings. The molecule has 0 atom stereocenters. The molecule has 1 aromatic carbocycles. The fourth-order valence-corrected chi connectivity index (χ4v) is 2.93. The zero-order valence-electron chi connectivity index (χ0n) is 14.1. The van der Waals surface area contributed by atoms with Gasteiger partial charge in [0.25, 0.3) is 0 Å². The van der Waals surface area contributed by atoms with Crippen LogP contribution < -0.4 is 15.4 Å². The van der Waals surface area contributed by atoms with Crippen LogP contribution in [0.2, 0.25) is 0 Å². The Kier molecular flexibility index (Phi) is 6.78. The number of halogens is 2. The number of hydrogen-bond acceptors (Lipinski definition) is 3. The van der Waals surface area contributed by atoms with Gasteiger partial charge in [0.05, 0.1) is 0 Å². The van der Waals surface area contributed by atoms with Gasteiger partial charge in [0.15, 0.2) is 0 Å². The number of likely N-dealkylation sites (tertiary alicyclic amines) is 1. The van der Waals surface area contributed by atoms with Gasteiger partial charge in [0.1, 0.15) is 5.75 Å². The van der Waals surface area contributed by atoms with Crippen LogP contribution >= 0.6 is 0 Å². The second-order valence-corrected chi connectivity index (χ2v) is 6.02. The fourth-order valence-electron chi connectivity index (χ4n) is 2.93. The summed E-state index contributed by atoms with van der Waals surface area (Å²) in [5, 5.41) is 5.67. The van der Waals surface area contributed by atoms with E-state index in [1.54, 1.807) is 19.1 Å². The van der Waals surface area contributed by atoms with Crippen molar-refractivity contribution in [3.63, 3.8) is 0 Å². The molecule has 7 heteroatoms. The number of alkyl halides is 2. The van der Waals surface area contributed by atoms with Crippen LogP contribution in [-0.2, 0) is 0 Å². The Bertz CT molecular complexity index is 547. The van der Waals surface area contributed by atoms with E-state index >= 15 is 0 Å². The van der Waals surface area contributed by atoms with Gasteiger partial charge in [-0.25, -0.2) is 4.79 Å². The average molecular weight is 341 g/mol. The molecule has 24 heavy (non-hydrogen) atoms. The summed E-state index contributed by atoms with van der Waals surface area (Å²) in [6, 6.07) is 4.51. The molecule has 0 aromatic heterocycles. The molecule has 1 fully saturated rings. The SMILES string of the molecule is CCCN1CCC(NC(=O)Nc2cccc(OC(F)F)c2C)CC1. The number of carbonyl (C=O) groups excluding carboxylic acids is 1. The van der Waals surface area contributed by atoms with Crippen molar-refractivity contribution in [1.82, 2.24) is 10.2 Å². The smallest absolute Gasteiger partial charge is 0.387 e. The van der Waals surface area contributed by atoms with Crippen LogP contribution in [0.4, 0.5) is 19.3 Å². The maximum atomic E-state index is 12.4. The Morgan fingerprint density at radius 1 is 1.38 bits per heavy atom. The lowest BCUT2D eigenvalue weighted by Gasteiger charge is -2.32. The molecule has 1 aromatic rings. The van der Waals surface area contributed by atoms with E-state index in [1.165, 1.54) is 6.07 Å². The summed E-state index contributed by atoms with van der Waals surface area (Å²) in [4.78, 5) is 14.5. The molecular formula is C17H25F2N3O2. The first-order valence-corrected chi connectivity index (χ1v) is 8.34. The van der Waals surface area contributed by atoms with Gasteiger partial charge < -0.3 is 20.3 Å². The second-order valence-electron chi connectivity index (χ2n) is 6.02. The zero-order valence-corrected chi connectivity index (χ0v) is 14.1. The third-order valence-electron chi connectivity index (χ3n) is 4.21. The van der Waals surface area contributed by atoms with E-state index in [2.05, 4.69) is 27.2 Å². The summed E-state index contributed by atoms with van der Waals surface area (Å²) in [6.07, 6.45) is 2.97. The van der Waals surface area contributed by atoms with Crippen LogP contribution in [0.15, 0.2) is 18.2 Å². The standard InChI is InChI=1S/C17H25F2N3O2/c1-3-9-22-10-7-13(8-11-22)20-17(23)21-14-5-4-6-15(12(14)2)24-16(18)19/h4-6,13,16H,3,7-11H2,1-2H3,(H2,20,21,23). The highest BCUT2D eigenvalue weighted by molar-refractivity contribution is 5.90. The van der Waals surface area contributed by atoms with Crippen LogP contribution in [0.25, 0.3) is 0 Å². The average Bonchev–Trinajstić information content (AvgIpc) is 2.53. The van der Waals surface area contributed by atoms with E-state index in [1.807, 2.05) is 0 Å². The van der Waals surface area contributed by atoms with Gasteiger partial charge in [-0.1, -0.05) is 13.0 Å². The molecule has 2 rings (SSSR count). The molecule has 0 unspecified atom stereocenters. The van der Waals surface area contributed by atoms with Gasteiger partial charge in [-0.15, -0.1) is 0 Å². The molecule has 134 valence electrons. The van der Waals surface area contributed by atoms with Crippen LogP contribution in [0, 0.1) is 6.92 Å². The molecule has 1 heterocycles. The van der Waals surface area contributed by atoms with E-state index in [9.17, 15) is 13.6 Å². The number of anilines is 1. The first kappa shape index (κ1) is 18.4. The molecule has 1 aliphatic heterocycles. The number of ether oxygens (including phenoxy) is 1. The summed E-state index contributed by atoms with van der Waals surface area (Å²) in [6.45, 7) is 3.96. The van der Waals surface area contributed by atoms with Gasteiger partial charge in [-0.3, -0.25) is 0 Å². The first-order chi connectivity index (χ1) is 11.5. The first-order valence-electron chi connectivity index (χ1n) is 8.34. The van der Waals surface area contributed by atoms with E-state index in [-0.39, 0.29) is 17.8 Å². The highest BCUT2D eigenvalue weighted by Crippen LogP contribution is 2.26. The lowest BCUT2D eigenvalue weighted by atomic mass is 10.1. The Morgan fingerprint density at radius 2 is 2.08 bits per heavy atom. The van der Waals surface area contributed by atoms with E-state index in [0.29, 0.717) is 11.3 Å². The maximum Gasteiger partial charge on any atom is 0.387 e. The number of nitrogens with one attached hydrogen (secondary N) is 2. The molecule has 0 aliphatic carbocycles. The number of urea groups is 1. The molecule has 0 saturated carbocycles. The maximum absolute atomic E-state index is 12.4. The Morgan fingerprint density at radius 3 is 2.71 bits per heavy atom. The lowest BCUT2D eigenvalue weighted by Crippen LogP contribution is -2.46. The number of piperidine rings is 1. The van der Waals surface area contributed by atoms with Gasteiger partial charge in [-0.2, -0.15) is 8.78 Å². The van der Waals surface area contributed by atoms with Gasteiger partial charge in [-0.05, 0) is 44.9 Å². The Balaban J connectivity index is 1.87. The van der Waals surface area contributed by atoms with Gasteiger partial charge in [0.2, 0.25) is 0 Å². The van der Waals surface area contributed by atoms with Gasteiger partial charge >= 0.3 is 12.6 Å². The Labute approximate surface area is 141 Å². The summed E-state index contributed by atoms with van der Waals surface area (Å²) < 4.78 is 29.2. The minimum atomic E-state index is -2.89. The molecule has 1 saturated heterocycles. The second kappa shape index (κ2) is 8.82. The molecular weight excluding hydrogens is 316 g/mol. The van der Waals surface area contributed by atoms with E-state index in [4.69, 9.17) is 0 Å². The van der Waals surface area contributed by atoms with Crippen molar-refractivity contribution in [3.05, 3.63) is 23.8 Å². The largest absolute Gasteiger partial charge is 0.434 e. The monoisotopic (exact) mass is 341 g/mol. The van der Waals surface area contributed by atoms with Crippen LogP contribution in [-0.4, -0.2) is 43.2 Å². The minimum absolute atomic E-state index is 0.0654. The predicted octanol–water partition coefficient (Wildman–Crippen LogP) is 3.59. The van der Waals surface area contributed by atoms with Gasteiger partial charge in [0, 0.05) is 30.4 Å². The zero-order chi connectivity index (χ0) is 17.5. The van der Waals surface area contributed by atoms with Crippen molar-refractivity contribution in [2.45, 2.75) is 45.8 Å². The molecule has 5 nitrogen and oxygen atoms in total. The normalized spacial score (nSPS) is 16.2. The van der Waals surface area contributed by atoms with Crippen molar-refractivity contribution in [1.29, 1.82) is 0 Å². The van der Waals surface area contributed by atoms with E-state index in [0.717, 1.165) is 38.9 Å². The summed E-state index contributed by atoms with van der Waals surface area (Å²) in [5.74, 6) is 0.0654. The predicted molar refractivity (Wildman–Crippen MR) is 89.7 cm³/mol. The molecule has 2 N–H and O–H groups in total. The van der Waals surface area contributed by atoms with Crippen molar-refractivity contribution in [2.75, 3.05) is 25.0 Å². The molecule has 2 amide bonds. The number of nitrogens with zero attached hydrogens (tertiary/aromatic N) is 1. The molecule has 0 radical (unpaired) electrons. The minimum Gasteiger partial charge on any atom is -0.434 e. The van der Waals surface area contributed by atoms with Crippen molar-refractivity contribution in [2.24, 2.45) is 0 Å². The number of amides is 2. The lowest BCUT2D eigenvalue weighted by molar-refractivity contribution is -0.0502. The summed E-state index contributed by atoms with van der Waals surface area (Å²) >= 11 is 0. The highest BCUT2D eigenvalue weighted by Gasteiger charge is 2.20. The van der Waals surface area contributed by atoms with Crippen LogP contribution in [0.3, 0.4) is 0 Å².